The summed E-state index contributed by atoms with van der Waals surface area (Å²) in [5.74, 6) is -0.0275. The molecule has 0 saturated carbocycles. The lowest BCUT2D eigenvalue weighted by molar-refractivity contribution is 0.0972. The number of amides is 1. The van der Waals surface area contributed by atoms with Crippen molar-refractivity contribution < 1.29 is 9.53 Å². The third-order valence-corrected chi connectivity index (χ3v) is 5.11. The SMILES string of the molecule is NC(=NCCCCc1ccc(OCCCn2ccnc2)cc1)NC(=O)c1nc(Cl)c(N)nc1N. The molecule has 2 aromatic heterocycles. The van der Waals surface area contributed by atoms with Crippen LogP contribution in [-0.4, -0.2) is 44.5 Å². The number of hydrogen-bond donors (Lipinski definition) is 4. The number of guanidine groups is 1. The number of aryl methyl sites for hydroxylation is 2. The van der Waals surface area contributed by atoms with Gasteiger partial charge in [-0.1, -0.05) is 23.7 Å². The molecule has 180 valence electrons. The van der Waals surface area contributed by atoms with E-state index in [1.807, 2.05) is 22.9 Å². The number of imidazole rings is 1. The number of unbranched alkanes of at least 4 members (excludes halogenated alkanes) is 1. The highest BCUT2D eigenvalue weighted by atomic mass is 35.5. The Morgan fingerprint density at radius 3 is 2.65 bits per heavy atom. The molecule has 0 atom stereocenters. The number of aliphatic imine (C=N–C) groups is 1. The van der Waals surface area contributed by atoms with Gasteiger partial charge >= 0.3 is 0 Å². The molecule has 12 heteroatoms. The van der Waals surface area contributed by atoms with Gasteiger partial charge in [0.15, 0.2) is 28.4 Å². The maximum absolute atomic E-state index is 12.2. The molecule has 0 bridgehead atoms. The maximum Gasteiger partial charge on any atom is 0.280 e. The molecule has 2 heterocycles. The van der Waals surface area contributed by atoms with Gasteiger partial charge in [-0.05, 0) is 43.4 Å². The molecule has 7 N–H and O–H groups in total. The van der Waals surface area contributed by atoms with Crippen LogP contribution in [0.3, 0.4) is 0 Å². The van der Waals surface area contributed by atoms with Crippen molar-refractivity contribution in [2.75, 3.05) is 24.6 Å². The molecule has 1 amide bonds. The lowest BCUT2D eigenvalue weighted by atomic mass is 10.1. The van der Waals surface area contributed by atoms with Gasteiger partial charge in [-0.2, -0.15) is 0 Å². The van der Waals surface area contributed by atoms with Crippen molar-refractivity contribution in [2.24, 2.45) is 10.7 Å². The summed E-state index contributed by atoms with van der Waals surface area (Å²) in [6.07, 6.45) is 9.04. The molecular formula is C22H28ClN9O2. The van der Waals surface area contributed by atoms with Gasteiger partial charge in [0.25, 0.3) is 5.91 Å². The zero-order valence-corrected chi connectivity index (χ0v) is 19.4. The Balaban J connectivity index is 1.33. The lowest BCUT2D eigenvalue weighted by Crippen LogP contribution is -2.38. The number of carbonyl (C=O) groups is 1. The topological polar surface area (TPSA) is 172 Å². The molecule has 0 fully saturated rings. The molecule has 0 saturated heterocycles. The molecular weight excluding hydrogens is 458 g/mol. The van der Waals surface area contributed by atoms with Crippen LogP contribution in [0.1, 0.15) is 35.3 Å². The van der Waals surface area contributed by atoms with Crippen molar-refractivity contribution >= 4 is 35.1 Å². The van der Waals surface area contributed by atoms with E-state index < -0.39 is 5.91 Å². The number of hydrogen-bond acceptors (Lipinski definition) is 8. The highest BCUT2D eigenvalue weighted by Crippen LogP contribution is 2.17. The first-order valence-corrected chi connectivity index (χ1v) is 11.2. The molecule has 0 spiro atoms. The Labute approximate surface area is 202 Å². The number of nitrogen functional groups attached to an aromatic ring is 2. The number of ether oxygens (including phenoxy) is 1. The second-order valence-corrected chi connectivity index (χ2v) is 7.82. The molecule has 1 aromatic carbocycles. The van der Waals surface area contributed by atoms with Crippen molar-refractivity contribution in [3.63, 3.8) is 0 Å². The van der Waals surface area contributed by atoms with E-state index in [1.54, 1.807) is 12.5 Å². The van der Waals surface area contributed by atoms with Crippen LogP contribution in [0, 0.1) is 0 Å². The van der Waals surface area contributed by atoms with Gasteiger partial charge in [-0.25, -0.2) is 15.0 Å². The molecule has 0 radical (unpaired) electrons. The number of rotatable bonds is 11. The van der Waals surface area contributed by atoms with Crippen LogP contribution in [-0.2, 0) is 13.0 Å². The highest BCUT2D eigenvalue weighted by Gasteiger charge is 2.16. The predicted molar refractivity (Wildman–Crippen MR) is 132 cm³/mol. The quantitative estimate of drug-likeness (QED) is 0.181. The number of anilines is 2. The van der Waals surface area contributed by atoms with E-state index in [0.29, 0.717) is 13.2 Å². The zero-order chi connectivity index (χ0) is 24.3. The lowest BCUT2D eigenvalue weighted by Gasteiger charge is -2.08. The largest absolute Gasteiger partial charge is 0.494 e. The summed E-state index contributed by atoms with van der Waals surface area (Å²) in [4.78, 5) is 28.0. The Kier molecular flexibility index (Phi) is 9.04. The zero-order valence-electron chi connectivity index (χ0n) is 18.7. The first-order valence-electron chi connectivity index (χ1n) is 10.8. The minimum Gasteiger partial charge on any atom is -0.494 e. The first-order chi connectivity index (χ1) is 16.4. The van der Waals surface area contributed by atoms with E-state index >= 15 is 0 Å². The van der Waals surface area contributed by atoms with Crippen LogP contribution >= 0.6 is 11.6 Å². The van der Waals surface area contributed by atoms with Crippen LogP contribution < -0.4 is 27.3 Å². The van der Waals surface area contributed by atoms with Crippen LogP contribution in [0.15, 0.2) is 48.0 Å². The minimum atomic E-state index is -0.655. The van der Waals surface area contributed by atoms with Gasteiger partial charge in [-0.3, -0.25) is 15.1 Å². The number of benzene rings is 1. The Morgan fingerprint density at radius 1 is 1.12 bits per heavy atom. The third kappa shape index (κ3) is 7.62. The van der Waals surface area contributed by atoms with E-state index in [2.05, 4.69) is 37.4 Å². The number of halogens is 1. The fourth-order valence-corrected chi connectivity index (χ4v) is 3.20. The van der Waals surface area contributed by atoms with Crippen molar-refractivity contribution in [1.29, 1.82) is 0 Å². The van der Waals surface area contributed by atoms with Crippen molar-refractivity contribution in [1.82, 2.24) is 24.8 Å². The van der Waals surface area contributed by atoms with Gasteiger partial charge in [0.05, 0.1) is 12.9 Å². The minimum absolute atomic E-state index is 0.0336. The van der Waals surface area contributed by atoms with Crippen LogP contribution in [0.5, 0.6) is 5.75 Å². The van der Waals surface area contributed by atoms with Gasteiger partial charge in [0.2, 0.25) is 0 Å². The molecule has 34 heavy (non-hydrogen) atoms. The van der Waals surface area contributed by atoms with Crippen LogP contribution in [0.2, 0.25) is 5.15 Å². The normalized spacial score (nSPS) is 11.4. The highest BCUT2D eigenvalue weighted by molar-refractivity contribution is 6.31. The molecule has 11 nitrogen and oxygen atoms in total. The van der Waals surface area contributed by atoms with Gasteiger partial charge < -0.3 is 26.5 Å². The Hall–Kier alpha value is -3.86. The number of aromatic nitrogens is 4. The average molecular weight is 486 g/mol. The maximum atomic E-state index is 12.2. The predicted octanol–water partition coefficient (Wildman–Crippen LogP) is 2.03. The molecule has 3 aromatic rings. The average Bonchev–Trinajstić information content (AvgIpc) is 3.33. The van der Waals surface area contributed by atoms with Crippen molar-refractivity contribution in [2.45, 2.75) is 32.2 Å². The first kappa shape index (κ1) is 24.8. The summed E-state index contributed by atoms with van der Waals surface area (Å²) in [5.41, 5.74) is 18.0. The van der Waals surface area contributed by atoms with Gasteiger partial charge in [0, 0.05) is 25.5 Å². The monoisotopic (exact) mass is 485 g/mol. The fraction of sp³-hybridized carbons (Fsp3) is 0.318. The van der Waals surface area contributed by atoms with Crippen LogP contribution in [0.4, 0.5) is 11.6 Å². The Morgan fingerprint density at radius 2 is 1.91 bits per heavy atom. The standard InChI is InChI=1S/C22H28ClN9O2/c23-18-20(25)30-19(24)17(29-18)21(33)31-22(26)28-9-2-1-4-15-5-7-16(8-6-15)34-13-3-11-32-12-10-27-14-32/h5-8,10,12,14H,1-4,9,11,13H2,(H4,24,25,30)(H3,26,28,31,33). The number of nitrogens with two attached hydrogens (primary N) is 3. The number of nitrogens with zero attached hydrogens (tertiary/aromatic N) is 5. The summed E-state index contributed by atoms with van der Waals surface area (Å²) < 4.78 is 7.81. The van der Waals surface area contributed by atoms with Gasteiger partial charge in [0.1, 0.15) is 5.75 Å². The molecule has 0 aliphatic rings. The van der Waals surface area contributed by atoms with Crippen molar-refractivity contribution in [3.8, 4) is 5.75 Å². The number of carbonyl (C=O) groups excluding carboxylic acids is 1. The van der Waals surface area contributed by atoms with Gasteiger partial charge in [-0.15, -0.1) is 0 Å². The second-order valence-electron chi connectivity index (χ2n) is 7.46. The fourth-order valence-electron chi connectivity index (χ4n) is 3.07. The molecule has 0 aliphatic carbocycles. The van der Waals surface area contributed by atoms with E-state index in [1.165, 1.54) is 5.56 Å². The summed E-state index contributed by atoms with van der Waals surface area (Å²) in [7, 11) is 0. The molecule has 3 rings (SSSR count). The molecule has 0 unspecified atom stereocenters. The molecule has 0 aliphatic heterocycles. The summed E-state index contributed by atoms with van der Waals surface area (Å²) in [5, 5.41) is 2.30. The van der Waals surface area contributed by atoms with Crippen molar-refractivity contribution in [3.05, 3.63) is 59.4 Å². The second kappa shape index (κ2) is 12.4. The van der Waals surface area contributed by atoms with E-state index in [-0.39, 0.29) is 28.4 Å². The third-order valence-electron chi connectivity index (χ3n) is 4.83. The summed E-state index contributed by atoms with van der Waals surface area (Å²) in [6, 6.07) is 8.09. The summed E-state index contributed by atoms with van der Waals surface area (Å²) in [6.45, 7) is 2.00. The Bertz CT molecular complexity index is 1100. The smallest absolute Gasteiger partial charge is 0.280 e. The summed E-state index contributed by atoms with van der Waals surface area (Å²) >= 11 is 5.78. The van der Waals surface area contributed by atoms with E-state index in [0.717, 1.165) is 38.0 Å². The van der Waals surface area contributed by atoms with E-state index in [4.69, 9.17) is 33.5 Å². The van der Waals surface area contributed by atoms with Crippen LogP contribution in [0.25, 0.3) is 0 Å². The van der Waals surface area contributed by atoms with E-state index in [9.17, 15) is 4.79 Å². The number of nitrogens with one attached hydrogen (secondary N) is 1.